The molecule has 1 atom stereocenters. The van der Waals surface area contributed by atoms with Gasteiger partial charge in [-0.2, -0.15) is 0 Å². The molecule has 3 N–H and O–H groups in total. The third kappa shape index (κ3) is 8.43. The van der Waals surface area contributed by atoms with Crippen molar-refractivity contribution in [1.82, 2.24) is 5.32 Å². The van der Waals surface area contributed by atoms with Crippen molar-refractivity contribution >= 4 is 5.91 Å². The van der Waals surface area contributed by atoms with Crippen LogP contribution in [0.15, 0.2) is 0 Å². The van der Waals surface area contributed by atoms with E-state index in [1.54, 1.807) is 0 Å². The van der Waals surface area contributed by atoms with E-state index in [-0.39, 0.29) is 11.9 Å². The Bertz CT molecular complexity index is 169. The van der Waals surface area contributed by atoms with Crippen molar-refractivity contribution in [1.29, 1.82) is 0 Å². The van der Waals surface area contributed by atoms with Crippen molar-refractivity contribution in [3.05, 3.63) is 0 Å². The molecule has 90 valence electrons. The Morgan fingerprint density at radius 3 is 2.47 bits per heavy atom. The number of nitrogens with one attached hydrogen (secondary N) is 1. The molecule has 0 bridgehead atoms. The molecule has 0 heterocycles. The van der Waals surface area contributed by atoms with Crippen LogP contribution in [0.3, 0.4) is 0 Å². The molecule has 3 nitrogen and oxygen atoms in total. The van der Waals surface area contributed by atoms with Gasteiger partial charge in [-0.15, -0.1) is 0 Å². The monoisotopic (exact) mass is 214 g/mol. The van der Waals surface area contributed by atoms with Crippen LogP contribution in [0.5, 0.6) is 0 Å². The molecule has 0 saturated heterocycles. The molecule has 1 amide bonds. The minimum absolute atomic E-state index is 0.00667. The maximum Gasteiger partial charge on any atom is 0.236 e. The van der Waals surface area contributed by atoms with Crippen LogP contribution >= 0.6 is 0 Å². The van der Waals surface area contributed by atoms with Gasteiger partial charge in [-0.1, -0.05) is 33.6 Å². The maximum atomic E-state index is 11.5. The van der Waals surface area contributed by atoms with Crippen LogP contribution in [0.1, 0.15) is 52.9 Å². The van der Waals surface area contributed by atoms with Crippen molar-refractivity contribution in [3.8, 4) is 0 Å². The summed E-state index contributed by atoms with van der Waals surface area (Å²) in [5, 5.41) is 2.88. The van der Waals surface area contributed by atoms with Crippen molar-refractivity contribution in [3.63, 3.8) is 0 Å². The minimum Gasteiger partial charge on any atom is -0.355 e. The normalized spacial score (nSPS) is 12.9. The number of hydrogen-bond acceptors (Lipinski definition) is 2. The quantitative estimate of drug-likeness (QED) is 0.608. The minimum atomic E-state index is -0.316. The van der Waals surface area contributed by atoms with Crippen LogP contribution in [0, 0.1) is 5.92 Å². The first-order valence-corrected chi connectivity index (χ1v) is 6.11. The first-order valence-electron chi connectivity index (χ1n) is 6.11. The first-order chi connectivity index (χ1) is 7.07. The van der Waals surface area contributed by atoms with Crippen LogP contribution < -0.4 is 11.1 Å². The van der Waals surface area contributed by atoms with Gasteiger partial charge in [-0.3, -0.25) is 4.79 Å². The van der Waals surface area contributed by atoms with Crippen molar-refractivity contribution in [2.45, 2.75) is 58.9 Å². The summed E-state index contributed by atoms with van der Waals surface area (Å²) in [6.07, 6.45) is 5.12. The molecule has 0 aromatic rings. The summed E-state index contributed by atoms with van der Waals surface area (Å²) in [6, 6.07) is -0.316. The highest BCUT2D eigenvalue weighted by Gasteiger charge is 2.11. The summed E-state index contributed by atoms with van der Waals surface area (Å²) in [4.78, 5) is 11.5. The van der Waals surface area contributed by atoms with Gasteiger partial charge < -0.3 is 11.1 Å². The summed E-state index contributed by atoms with van der Waals surface area (Å²) < 4.78 is 0. The number of nitrogens with two attached hydrogens (primary N) is 1. The lowest BCUT2D eigenvalue weighted by Crippen LogP contribution is -2.40. The zero-order chi connectivity index (χ0) is 11.7. The van der Waals surface area contributed by atoms with Gasteiger partial charge in [-0.25, -0.2) is 0 Å². The van der Waals surface area contributed by atoms with E-state index in [2.05, 4.69) is 26.1 Å². The Labute approximate surface area is 93.8 Å². The number of rotatable bonds is 8. The average molecular weight is 214 g/mol. The van der Waals surface area contributed by atoms with Gasteiger partial charge >= 0.3 is 0 Å². The highest BCUT2D eigenvalue weighted by atomic mass is 16.2. The van der Waals surface area contributed by atoms with E-state index >= 15 is 0 Å². The van der Waals surface area contributed by atoms with E-state index in [0.717, 1.165) is 38.6 Å². The Balaban J connectivity index is 3.47. The van der Waals surface area contributed by atoms with Crippen LogP contribution in [-0.4, -0.2) is 18.5 Å². The molecular formula is C12H26N2O. The largest absolute Gasteiger partial charge is 0.355 e. The fourth-order valence-corrected chi connectivity index (χ4v) is 1.41. The molecule has 0 aliphatic carbocycles. The van der Waals surface area contributed by atoms with Crippen LogP contribution in [-0.2, 0) is 4.79 Å². The first kappa shape index (κ1) is 14.4. The number of carbonyl (C=O) groups is 1. The molecule has 0 radical (unpaired) electrons. The summed E-state index contributed by atoms with van der Waals surface area (Å²) in [5.74, 6) is 0.711. The molecule has 0 spiro atoms. The summed E-state index contributed by atoms with van der Waals surface area (Å²) in [7, 11) is 0. The van der Waals surface area contributed by atoms with Crippen molar-refractivity contribution in [2.24, 2.45) is 11.7 Å². The topological polar surface area (TPSA) is 55.1 Å². The molecule has 0 aliphatic rings. The van der Waals surface area contributed by atoms with E-state index in [1.807, 2.05) is 0 Å². The molecular weight excluding hydrogens is 188 g/mol. The van der Waals surface area contributed by atoms with E-state index < -0.39 is 0 Å². The van der Waals surface area contributed by atoms with Crippen molar-refractivity contribution in [2.75, 3.05) is 6.54 Å². The second kappa shape index (κ2) is 8.72. The van der Waals surface area contributed by atoms with Gasteiger partial charge in [0, 0.05) is 6.54 Å². The van der Waals surface area contributed by atoms with Gasteiger partial charge in [0.2, 0.25) is 5.91 Å². The lowest BCUT2D eigenvalue weighted by molar-refractivity contribution is -0.122. The number of unbranched alkanes of at least 4 members (excludes halogenated alkanes) is 1. The molecule has 0 aromatic heterocycles. The van der Waals surface area contributed by atoms with Gasteiger partial charge in [0.05, 0.1) is 6.04 Å². The fourth-order valence-electron chi connectivity index (χ4n) is 1.41. The molecule has 0 unspecified atom stereocenters. The lowest BCUT2D eigenvalue weighted by atomic mass is 10.1. The molecule has 15 heavy (non-hydrogen) atoms. The SMILES string of the molecule is CCCC[C@H](N)C(=O)NCCCC(C)C. The number of carbonyl (C=O) groups excluding carboxylic acids is 1. The van der Waals surface area contributed by atoms with Crippen molar-refractivity contribution < 1.29 is 4.79 Å². The number of hydrogen-bond donors (Lipinski definition) is 2. The Hall–Kier alpha value is -0.570. The van der Waals surface area contributed by atoms with Gasteiger partial charge in [0.25, 0.3) is 0 Å². The molecule has 0 aliphatic heterocycles. The molecule has 0 saturated carbocycles. The van der Waals surface area contributed by atoms with Crippen LogP contribution in [0.2, 0.25) is 0 Å². The smallest absolute Gasteiger partial charge is 0.236 e. The second-order valence-corrected chi connectivity index (χ2v) is 4.58. The highest BCUT2D eigenvalue weighted by molar-refractivity contribution is 5.81. The van der Waals surface area contributed by atoms with Gasteiger partial charge in [0.15, 0.2) is 0 Å². The van der Waals surface area contributed by atoms with E-state index in [9.17, 15) is 4.79 Å². The van der Waals surface area contributed by atoms with Gasteiger partial charge in [-0.05, 0) is 25.2 Å². The number of amides is 1. The van der Waals surface area contributed by atoms with Crippen LogP contribution in [0.25, 0.3) is 0 Å². The Morgan fingerprint density at radius 2 is 1.93 bits per heavy atom. The molecule has 0 fully saturated rings. The molecule has 0 aromatic carbocycles. The van der Waals surface area contributed by atoms with E-state index in [0.29, 0.717) is 5.92 Å². The third-order valence-electron chi connectivity index (χ3n) is 2.46. The average Bonchev–Trinajstić information content (AvgIpc) is 2.20. The van der Waals surface area contributed by atoms with E-state index in [4.69, 9.17) is 5.73 Å². The summed E-state index contributed by atoms with van der Waals surface area (Å²) in [6.45, 7) is 7.24. The predicted octanol–water partition coefficient (Wildman–Crippen LogP) is 2.06. The Kier molecular flexibility index (Phi) is 8.38. The Morgan fingerprint density at radius 1 is 1.27 bits per heavy atom. The summed E-state index contributed by atoms with van der Waals surface area (Å²) in [5.41, 5.74) is 5.73. The highest BCUT2D eigenvalue weighted by Crippen LogP contribution is 2.02. The second-order valence-electron chi connectivity index (χ2n) is 4.58. The fraction of sp³-hybridized carbons (Fsp3) is 0.917. The third-order valence-corrected chi connectivity index (χ3v) is 2.46. The zero-order valence-corrected chi connectivity index (χ0v) is 10.4. The summed E-state index contributed by atoms with van der Waals surface area (Å²) >= 11 is 0. The molecule has 3 heteroatoms. The lowest BCUT2D eigenvalue weighted by Gasteiger charge is -2.12. The van der Waals surface area contributed by atoms with E-state index in [1.165, 1.54) is 0 Å². The standard InChI is InChI=1S/C12H26N2O/c1-4-5-8-11(13)12(15)14-9-6-7-10(2)3/h10-11H,4-9,13H2,1-3H3,(H,14,15)/t11-/m0/s1. The maximum absolute atomic E-state index is 11.5. The predicted molar refractivity (Wildman–Crippen MR) is 64.6 cm³/mol. The molecule has 0 rings (SSSR count). The van der Waals surface area contributed by atoms with Crippen LogP contribution in [0.4, 0.5) is 0 Å². The van der Waals surface area contributed by atoms with Gasteiger partial charge in [0.1, 0.15) is 0 Å². The zero-order valence-electron chi connectivity index (χ0n) is 10.4.